The van der Waals surface area contributed by atoms with Crippen LogP contribution in [0.4, 0.5) is 24.5 Å². The molecule has 0 unspecified atom stereocenters. The molecule has 1 N–H and O–H groups in total. The Morgan fingerprint density at radius 1 is 1.14 bits per heavy atom. The molecule has 0 heterocycles. The number of halogens is 3. The number of nitro benzene ring substituents is 1. The van der Waals surface area contributed by atoms with Crippen LogP contribution in [-0.2, 0) is 6.18 Å². The van der Waals surface area contributed by atoms with Crippen LogP contribution in [0.2, 0.25) is 0 Å². The van der Waals surface area contributed by atoms with Gasteiger partial charge in [0, 0.05) is 23.4 Å². The number of alkyl halides is 3. The average Bonchev–Trinajstić information content (AvgIpc) is 3.58. The van der Waals surface area contributed by atoms with Gasteiger partial charge in [0.1, 0.15) is 11.9 Å². The van der Waals surface area contributed by atoms with Gasteiger partial charge in [-0.25, -0.2) is 0 Å². The fourth-order valence-corrected chi connectivity index (χ4v) is 3.79. The molecule has 0 atom stereocenters. The fraction of sp³-hybridized carbons (Fsp3) is 0.458. The van der Waals surface area contributed by atoms with Gasteiger partial charge in [-0.1, -0.05) is 0 Å². The summed E-state index contributed by atoms with van der Waals surface area (Å²) in [5.41, 5.74) is -1.56. The van der Waals surface area contributed by atoms with Crippen molar-refractivity contribution in [1.29, 1.82) is 0 Å². The summed E-state index contributed by atoms with van der Waals surface area (Å²) in [6.45, 7) is 0.359. The van der Waals surface area contributed by atoms with Crippen LogP contribution in [0.1, 0.15) is 41.6 Å². The second-order valence-corrected chi connectivity index (χ2v) is 9.19. The minimum atomic E-state index is -4.69. The van der Waals surface area contributed by atoms with E-state index >= 15 is 0 Å². The molecule has 2 aromatic rings. The fourth-order valence-electron chi connectivity index (χ4n) is 3.79. The minimum absolute atomic E-state index is 0.0480. The summed E-state index contributed by atoms with van der Waals surface area (Å²) in [6.07, 6.45) is -1.74. The summed E-state index contributed by atoms with van der Waals surface area (Å²) >= 11 is 0. The topological polar surface area (TPSA) is 93.9 Å². The van der Waals surface area contributed by atoms with E-state index in [1.807, 2.05) is 19.0 Å². The van der Waals surface area contributed by atoms with Gasteiger partial charge in [0.2, 0.25) is 0 Å². The zero-order valence-electron chi connectivity index (χ0n) is 19.3. The normalized spacial score (nSPS) is 19.7. The van der Waals surface area contributed by atoms with E-state index in [1.54, 1.807) is 0 Å². The van der Waals surface area contributed by atoms with E-state index < -0.39 is 22.6 Å². The molecule has 2 aliphatic rings. The maximum absolute atomic E-state index is 13.7. The highest BCUT2D eigenvalue weighted by molar-refractivity contribution is 6.05. The summed E-state index contributed by atoms with van der Waals surface area (Å²) in [6, 6.07) is 7.28. The van der Waals surface area contributed by atoms with Gasteiger partial charge in [0.15, 0.2) is 5.75 Å². The molecular weight excluding hydrogens is 467 g/mol. The molecule has 0 radical (unpaired) electrons. The van der Waals surface area contributed by atoms with Crippen LogP contribution in [0.15, 0.2) is 36.4 Å². The smallest absolute Gasteiger partial charge is 0.420 e. The lowest BCUT2D eigenvalue weighted by molar-refractivity contribution is -0.385. The van der Waals surface area contributed by atoms with E-state index in [9.17, 15) is 28.1 Å². The van der Waals surface area contributed by atoms with E-state index in [0.29, 0.717) is 25.4 Å². The Hall–Kier alpha value is -3.34. The summed E-state index contributed by atoms with van der Waals surface area (Å²) in [7, 11) is 3.81. The van der Waals surface area contributed by atoms with Crippen molar-refractivity contribution in [2.75, 3.05) is 26.0 Å². The summed E-state index contributed by atoms with van der Waals surface area (Å²) < 4.78 is 52.2. The highest BCUT2D eigenvalue weighted by atomic mass is 19.4. The number of amides is 1. The van der Waals surface area contributed by atoms with Crippen LogP contribution >= 0.6 is 0 Å². The number of rotatable bonds is 9. The monoisotopic (exact) mass is 493 g/mol. The first-order valence-electron chi connectivity index (χ1n) is 11.3. The zero-order valence-corrected chi connectivity index (χ0v) is 19.3. The number of benzene rings is 2. The molecule has 0 saturated heterocycles. The molecule has 1 amide bonds. The number of ether oxygens (including phenoxy) is 2. The third kappa shape index (κ3) is 6.02. The van der Waals surface area contributed by atoms with E-state index in [-0.39, 0.29) is 40.6 Å². The summed E-state index contributed by atoms with van der Waals surface area (Å²) in [5, 5.41) is 13.8. The second-order valence-electron chi connectivity index (χ2n) is 9.19. The lowest BCUT2D eigenvalue weighted by Gasteiger charge is -2.39. The van der Waals surface area contributed by atoms with Crippen molar-refractivity contribution in [3.63, 3.8) is 0 Å². The Morgan fingerprint density at radius 3 is 2.43 bits per heavy atom. The molecule has 35 heavy (non-hydrogen) atoms. The van der Waals surface area contributed by atoms with Gasteiger partial charge >= 0.3 is 11.9 Å². The number of carbonyl (C=O) groups excluding carboxylic acids is 1. The number of nitro groups is 1. The van der Waals surface area contributed by atoms with Gasteiger partial charge in [-0.15, -0.1) is 0 Å². The molecule has 4 rings (SSSR count). The Bertz CT molecular complexity index is 1110. The lowest BCUT2D eigenvalue weighted by atomic mass is 9.88. The molecule has 2 aliphatic carbocycles. The third-order valence-electron chi connectivity index (χ3n) is 6.23. The van der Waals surface area contributed by atoms with Crippen LogP contribution in [-0.4, -0.2) is 48.6 Å². The molecule has 188 valence electrons. The number of hydrogen-bond acceptors (Lipinski definition) is 6. The first-order chi connectivity index (χ1) is 16.5. The summed E-state index contributed by atoms with van der Waals surface area (Å²) in [5.74, 6) is -0.653. The van der Waals surface area contributed by atoms with Gasteiger partial charge in [-0.3, -0.25) is 14.9 Å². The highest BCUT2D eigenvalue weighted by Gasteiger charge is 2.38. The Labute approximate surface area is 200 Å². The first kappa shape index (κ1) is 24.8. The maximum Gasteiger partial charge on any atom is 0.420 e. The second kappa shape index (κ2) is 9.73. The molecule has 0 bridgehead atoms. The molecule has 0 aliphatic heterocycles. The predicted molar refractivity (Wildman–Crippen MR) is 122 cm³/mol. The quantitative estimate of drug-likeness (QED) is 0.385. The highest BCUT2D eigenvalue weighted by Crippen LogP contribution is 2.40. The SMILES string of the molecule is CN(C)C1CC(Oc2ccc(NC(=O)c3ccc(OCC4CC4)c([N+](=O)[O-])c3)cc2C(F)(F)F)C1. The maximum atomic E-state index is 13.7. The van der Waals surface area contributed by atoms with Crippen molar-refractivity contribution in [2.24, 2.45) is 5.92 Å². The number of anilines is 1. The third-order valence-corrected chi connectivity index (χ3v) is 6.23. The standard InChI is InChI=1S/C24H26F3N3O5/c1-29(2)17-11-18(12-17)35-21-8-6-16(10-19(21)24(25,26)27)28-23(31)15-5-7-22(20(9-15)30(32)33)34-13-14-3-4-14/h5-10,14,17-18H,3-4,11-13H2,1-2H3,(H,28,31). The van der Waals surface area contributed by atoms with Gasteiger partial charge in [-0.2, -0.15) is 13.2 Å². The molecule has 11 heteroatoms. The average molecular weight is 493 g/mol. The van der Waals surface area contributed by atoms with Crippen LogP contribution in [0, 0.1) is 16.0 Å². The van der Waals surface area contributed by atoms with E-state index in [2.05, 4.69) is 5.32 Å². The Kier molecular flexibility index (Phi) is 6.88. The van der Waals surface area contributed by atoms with Crippen molar-refractivity contribution in [1.82, 2.24) is 4.90 Å². The van der Waals surface area contributed by atoms with E-state index in [1.165, 1.54) is 24.3 Å². The first-order valence-corrected chi connectivity index (χ1v) is 11.3. The van der Waals surface area contributed by atoms with Crippen LogP contribution in [0.25, 0.3) is 0 Å². The number of carbonyl (C=O) groups is 1. The van der Waals surface area contributed by atoms with Gasteiger partial charge in [-0.05, 0) is 76.0 Å². The molecule has 8 nitrogen and oxygen atoms in total. The number of hydrogen-bond donors (Lipinski definition) is 1. The Balaban J connectivity index is 1.48. The van der Waals surface area contributed by atoms with Crippen LogP contribution < -0.4 is 14.8 Å². The predicted octanol–water partition coefficient (Wildman–Crippen LogP) is 5.13. The number of nitrogens with one attached hydrogen (secondary N) is 1. The van der Waals surface area contributed by atoms with Crippen molar-refractivity contribution in [3.8, 4) is 11.5 Å². The summed E-state index contributed by atoms with van der Waals surface area (Å²) in [4.78, 5) is 25.4. The lowest BCUT2D eigenvalue weighted by Crippen LogP contribution is -2.46. The molecule has 0 spiro atoms. The molecule has 2 aromatic carbocycles. The van der Waals surface area contributed by atoms with Crippen LogP contribution in [0.3, 0.4) is 0 Å². The van der Waals surface area contributed by atoms with Crippen molar-refractivity contribution in [3.05, 3.63) is 57.6 Å². The molecular formula is C24H26F3N3O5. The minimum Gasteiger partial charge on any atom is -0.490 e. The Morgan fingerprint density at radius 2 is 1.83 bits per heavy atom. The van der Waals surface area contributed by atoms with Crippen molar-refractivity contribution in [2.45, 2.75) is 44.0 Å². The van der Waals surface area contributed by atoms with E-state index in [0.717, 1.165) is 25.0 Å². The van der Waals surface area contributed by atoms with Gasteiger partial charge in [0.05, 0.1) is 17.1 Å². The largest absolute Gasteiger partial charge is 0.490 e. The molecule has 2 saturated carbocycles. The van der Waals surface area contributed by atoms with E-state index in [4.69, 9.17) is 9.47 Å². The van der Waals surface area contributed by atoms with Crippen molar-refractivity contribution < 1.29 is 32.4 Å². The van der Waals surface area contributed by atoms with Crippen LogP contribution in [0.5, 0.6) is 11.5 Å². The van der Waals surface area contributed by atoms with Gasteiger partial charge in [0.25, 0.3) is 5.91 Å². The number of nitrogens with zero attached hydrogens (tertiary/aromatic N) is 2. The van der Waals surface area contributed by atoms with Crippen molar-refractivity contribution >= 4 is 17.3 Å². The molecule has 0 aromatic heterocycles. The zero-order chi connectivity index (χ0) is 25.3. The van der Waals surface area contributed by atoms with Gasteiger partial charge < -0.3 is 19.7 Å². The molecule has 2 fully saturated rings.